The van der Waals surface area contributed by atoms with Crippen molar-refractivity contribution >= 4 is 28.4 Å². The van der Waals surface area contributed by atoms with Crippen LogP contribution in [0.3, 0.4) is 0 Å². The largest absolute Gasteiger partial charge is 0.335 e. The molecule has 3 fully saturated rings. The van der Waals surface area contributed by atoms with Crippen molar-refractivity contribution in [2.24, 2.45) is 0 Å². The molecule has 3 amide bonds. The molecule has 6 nitrogen and oxygen atoms in total. The van der Waals surface area contributed by atoms with E-state index >= 15 is 0 Å². The molecule has 0 aromatic heterocycles. The second-order valence-corrected chi connectivity index (χ2v) is 12.1. The van der Waals surface area contributed by atoms with Gasteiger partial charge in [0.1, 0.15) is 11.9 Å². The van der Waals surface area contributed by atoms with Crippen molar-refractivity contribution in [3.05, 3.63) is 77.6 Å². The lowest BCUT2D eigenvalue weighted by atomic mass is 9.96. The third-order valence-corrected chi connectivity index (χ3v) is 9.10. The van der Waals surface area contributed by atoms with Crippen LogP contribution in [0.2, 0.25) is 0 Å². The number of rotatable bonds is 6. The molecule has 0 spiro atoms. The molecule has 210 valence electrons. The first-order valence-electron chi connectivity index (χ1n) is 14.8. The number of hydrogen-bond acceptors (Lipinski definition) is 3. The lowest BCUT2D eigenvalue weighted by Crippen LogP contribution is -2.54. The van der Waals surface area contributed by atoms with Crippen molar-refractivity contribution in [1.29, 1.82) is 0 Å². The van der Waals surface area contributed by atoms with E-state index in [1.165, 1.54) is 11.6 Å². The van der Waals surface area contributed by atoms with E-state index in [0.29, 0.717) is 31.0 Å². The zero-order valence-corrected chi connectivity index (χ0v) is 23.4. The summed E-state index contributed by atoms with van der Waals surface area (Å²) in [5, 5.41) is 8.38. The summed E-state index contributed by atoms with van der Waals surface area (Å²) in [6, 6.07) is 19.5. The molecule has 3 saturated heterocycles. The number of likely N-dealkylation sites (tertiary alicyclic amines) is 1. The van der Waals surface area contributed by atoms with Crippen LogP contribution in [-0.4, -0.2) is 52.5 Å². The minimum atomic E-state index is -0.446. The molecule has 40 heavy (non-hydrogen) atoms. The fourth-order valence-corrected chi connectivity index (χ4v) is 7.10. The highest BCUT2D eigenvalue weighted by atomic mass is 19.1. The lowest BCUT2D eigenvalue weighted by Gasteiger charge is -2.40. The molecule has 2 N–H and O–H groups in total. The van der Waals surface area contributed by atoms with Crippen molar-refractivity contribution < 1.29 is 14.0 Å². The van der Waals surface area contributed by atoms with Gasteiger partial charge in [0.25, 0.3) is 0 Å². The van der Waals surface area contributed by atoms with Crippen LogP contribution in [0.1, 0.15) is 69.4 Å². The van der Waals surface area contributed by atoms with Crippen molar-refractivity contribution in [1.82, 2.24) is 15.1 Å². The number of benzene rings is 3. The number of urea groups is 1. The average molecular weight is 543 g/mol. The first-order chi connectivity index (χ1) is 19.4. The standard InChI is InChI=1S/C33H39FN4O2/c1-21(2)29-6-3-4-7-30(29)36-32(39)31-8-5-15-37(31)33(40)35-26-18-27-13-14-28(19-26)38(27)20-22-9-10-24-17-25(34)12-11-23(24)16-22/h3-4,6-7,9-12,16-17,21,26-28,31H,5,8,13-15,18-20H2,1-2H3,(H,35,40)(H,36,39)/t26?,27-,28+,31-/m0/s1. The van der Waals surface area contributed by atoms with Gasteiger partial charge >= 0.3 is 6.03 Å². The van der Waals surface area contributed by atoms with E-state index < -0.39 is 6.04 Å². The second kappa shape index (κ2) is 11.2. The smallest absolute Gasteiger partial charge is 0.318 e. The van der Waals surface area contributed by atoms with Crippen LogP contribution < -0.4 is 10.6 Å². The average Bonchev–Trinajstić information content (AvgIpc) is 3.51. The quantitative estimate of drug-likeness (QED) is 0.378. The maximum Gasteiger partial charge on any atom is 0.318 e. The van der Waals surface area contributed by atoms with Gasteiger partial charge in [-0.1, -0.05) is 50.2 Å². The van der Waals surface area contributed by atoms with Crippen LogP contribution in [0, 0.1) is 5.82 Å². The maximum atomic E-state index is 13.6. The van der Waals surface area contributed by atoms with Crippen molar-refractivity contribution in [3.63, 3.8) is 0 Å². The number of nitrogens with one attached hydrogen (secondary N) is 2. The summed E-state index contributed by atoms with van der Waals surface area (Å²) in [5.41, 5.74) is 3.17. The molecule has 0 radical (unpaired) electrons. The number of nitrogens with zero attached hydrogens (tertiary/aromatic N) is 2. The number of fused-ring (bicyclic) bond motifs is 3. The zero-order valence-electron chi connectivity index (χ0n) is 23.4. The second-order valence-electron chi connectivity index (χ2n) is 12.1. The molecular weight excluding hydrogens is 503 g/mol. The highest BCUT2D eigenvalue weighted by Gasteiger charge is 2.42. The Morgan fingerprint density at radius 1 is 0.950 bits per heavy atom. The van der Waals surface area contributed by atoms with E-state index in [1.807, 2.05) is 36.4 Å². The first kappa shape index (κ1) is 26.8. The van der Waals surface area contributed by atoms with E-state index in [0.717, 1.165) is 60.7 Å². The summed E-state index contributed by atoms with van der Waals surface area (Å²) in [6.45, 7) is 5.70. The molecular formula is C33H39FN4O2. The number of piperidine rings is 1. The normalized spacial score (nSPS) is 24.6. The molecule has 3 heterocycles. The van der Waals surface area contributed by atoms with Gasteiger partial charge in [-0.25, -0.2) is 9.18 Å². The Labute approximate surface area is 235 Å². The van der Waals surface area contributed by atoms with Crippen molar-refractivity contribution in [2.75, 3.05) is 11.9 Å². The van der Waals surface area contributed by atoms with Gasteiger partial charge in [-0.15, -0.1) is 0 Å². The summed E-state index contributed by atoms with van der Waals surface area (Å²) < 4.78 is 13.6. The molecule has 6 rings (SSSR count). The number of halogens is 1. The molecule has 3 aromatic carbocycles. The lowest BCUT2D eigenvalue weighted by molar-refractivity contribution is -0.119. The zero-order chi connectivity index (χ0) is 27.8. The Balaban J connectivity index is 1.06. The molecule has 3 aromatic rings. The summed E-state index contributed by atoms with van der Waals surface area (Å²) in [4.78, 5) is 31.0. The minimum Gasteiger partial charge on any atom is -0.335 e. The van der Waals surface area contributed by atoms with Gasteiger partial charge in [0.05, 0.1) is 0 Å². The first-order valence-corrected chi connectivity index (χ1v) is 14.8. The van der Waals surface area contributed by atoms with Gasteiger partial charge in [-0.3, -0.25) is 9.69 Å². The molecule has 3 aliphatic rings. The Hall–Kier alpha value is -3.45. The van der Waals surface area contributed by atoms with E-state index in [9.17, 15) is 14.0 Å². The molecule has 3 aliphatic heterocycles. The van der Waals surface area contributed by atoms with Crippen molar-refractivity contribution in [3.8, 4) is 0 Å². The summed E-state index contributed by atoms with van der Waals surface area (Å²) in [6.07, 6.45) is 5.64. The van der Waals surface area contributed by atoms with E-state index in [4.69, 9.17) is 0 Å². The van der Waals surface area contributed by atoms with Crippen LogP contribution in [0.25, 0.3) is 10.8 Å². The van der Waals surface area contributed by atoms with Crippen LogP contribution >= 0.6 is 0 Å². The molecule has 1 unspecified atom stereocenters. The number of amides is 3. The van der Waals surface area contributed by atoms with E-state index in [1.54, 1.807) is 11.0 Å². The third-order valence-electron chi connectivity index (χ3n) is 9.10. The van der Waals surface area contributed by atoms with Crippen LogP contribution in [-0.2, 0) is 11.3 Å². The number of para-hydroxylation sites is 1. The number of anilines is 1. The van der Waals surface area contributed by atoms with Gasteiger partial charge in [-0.2, -0.15) is 0 Å². The predicted octanol–water partition coefficient (Wildman–Crippen LogP) is 6.41. The fourth-order valence-electron chi connectivity index (χ4n) is 7.10. The minimum absolute atomic E-state index is 0.103. The van der Waals surface area contributed by atoms with Gasteiger partial charge < -0.3 is 15.5 Å². The number of carbonyl (C=O) groups is 2. The molecule has 0 aliphatic carbocycles. The molecule has 2 bridgehead atoms. The number of hydrogen-bond donors (Lipinski definition) is 2. The van der Waals surface area contributed by atoms with Gasteiger partial charge in [0.15, 0.2) is 0 Å². The Morgan fingerprint density at radius 3 is 2.45 bits per heavy atom. The third kappa shape index (κ3) is 5.44. The Morgan fingerprint density at radius 2 is 1.68 bits per heavy atom. The predicted molar refractivity (Wildman–Crippen MR) is 157 cm³/mol. The molecule has 0 saturated carbocycles. The topological polar surface area (TPSA) is 64.7 Å². The highest BCUT2D eigenvalue weighted by Crippen LogP contribution is 2.37. The SMILES string of the molecule is CC(C)c1ccccc1NC(=O)[C@@H]1CCCN1C(=O)NC1C[C@H]2CC[C@@H](C1)N2Cc1ccc2cc(F)ccc2c1. The van der Waals surface area contributed by atoms with Crippen LogP contribution in [0.15, 0.2) is 60.7 Å². The van der Waals surface area contributed by atoms with Gasteiger partial charge in [-0.05, 0) is 90.6 Å². The Kier molecular flexibility index (Phi) is 7.49. The summed E-state index contributed by atoms with van der Waals surface area (Å²) >= 11 is 0. The highest BCUT2D eigenvalue weighted by molar-refractivity contribution is 5.98. The van der Waals surface area contributed by atoms with Crippen LogP contribution in [0.5, 0.6) is 0 Å². The molecule has 7 heteroatoms. The van der Waals surface area contributed by atoms with E-state index in [-0.39, 0.29) is 23.8 Å². The Bertz CT molecular complexity index is 1390. The summed E-state index contributed by atoms with van der Waals surface area (Å²) in [5.74, 6) is -0.0139. The molecule has 4 atom stereocenters. The van der Waals surface area contributed by atoms with E-state index in [2.05, 4.69) is 41.5 Å². The van der Waals surface area contributed by atoms with Gasteiger partial charge in [0, 0.05) is 36.9 Å². The van der Waals surface area contributed by atoms with Crippen LogP contribution in [0.4, 0.5) is 14.9 Å². The number of carbonyl (C=O) groups excluding carboxylic acids is 2. The fraction of sp³-hybridized carbons (Fsp3) is 0.455. The monoisotopic (exact) mass is 542 g/mol. The maximum absolute atomic E-state index is 13.6. The summed E-state index contributed by atoms with van der Waals surface area (Å²) in [7, 11) is 0. The van der Waals surface area contributed by atoms with Gasteiger partial charge in [0.2, 0.25) is 5.91 Å². The van der Waals surface area contributed by atoms with Crippen molar-refractivity contribution in [2.45, 2.75) is 89.0 Å².